The van der Waals surface area contributed by atoms with Crippen molar-refractivity contribution in [3.63, 3.8) is 0 Å². The number of hydrogen-bond acceptors (Lipinski definition) is 3. The van der Waals surface area contributed by atoms with Crippen LogP contribution in [-0.4, -0.2) is 17.7 Å². The molecule has 0 fully saturated rings. The maximum absolute atomic E-state index is 14.6. The van der Waals surface area contributed by atoms with Crippen molar-refractivity contribution in [3.8, 4) is 11.1 Å². The summed E-state index contributed by atoms with van der Waals surface area (Å²) in [5, 5.41) is 17.5. The summed E-state index contributed by atoms with van der Waals surface area (Å²) >= 11 is 0. The zero-order valence-corrected chi connectivity index (χ0v) is 15.4. The number of guanidine groups is 1. The fraction of sp³-hybridized carbons (Fsp3) is 0.238. The first-order valence-corrected chi connectivity index (χ1v) is 8.95. The average Bonchev–Trinajstić information content (AvgIpc) is 3.16. The third-order valence-electron chi connectivity index (χ3n) is 4.38. The minimum absolute atomic E-state index is 0.126. The molecule has 2 aromatic carbocycles. The van der Waals surface area contributed by atoms with E-state index >= 15 is 0 Å². The Morgan fingerprint density at radius 2 is 1.93 bits per heavy atom. The predicted molar refractivity (Wildman–Crippen MR) is 104 cm³/mol. The topological polar surface area (TPSA) is 73.9 Å². The molecule has 27 heavy (non-hydrogen) atoms. The van der Waals surface area contributed by atoms with Gasteiger partial charge in [0.05, 0.1) is 6.54 Å². The van der Waals surface area contributed by atoms with Crippen molar-refractivity contribution < 1.29 is 8.91 Å². The Hall–Kier alpha value is -3.15. The van der Waals surface area contributed by atoms with Crippen LogP contribution >= 0.6 is 0 Å². The first kappa shape index (κ1) is 18.6. The van der Waals surface area contributed by atoms with Crippen molar-refractivity contribution in [1.29, 1.82) is 5.41 Å². The monoisotopic (exact) mass is 366 g/mol. The summed E-state index contributed by atoms with van der Waals surface area (Å²) in [6.07, 6.45) is 0. The van der Waals surface area contributed by atoms with Crippen LogP contribution in [0.2, 0.25) is 0 Å². The Morgan fingerprint density at radius 1 is 1.15 bits per heavy atom. The van der Waals surface area contributed by atoms with Gasteiger partial charge in [-0.25, -0.2) is 4.39 Å². The van der Waals surface area contributed by atoms with E-state index in [1.54, 1.807) is 12.1 Å². The third kappa shape index (κ3) is 4.53. The van der Waals surface area contributed by atoms with Gasteiger partial charge in [0, 0.05) is 24.1 Å². The van der Waals surface area contributed by atoms with Gasteiger partial charge in [-0.05, 0) is 24.1 Å². The largest absolute Gasteiger partial charge is 0.360 e. The summed E-state index contributed by atoms with van der Waals surface area (Å²) in [6, 6.07) is 16.6. The van der Waals surface area contributed by atoms with Crippen molar-refractivity contribution in [2.45, 2.75) is 26.3 Å². The molecule has 0 saturated carbocycles. The number of benzene rings is 2. The highest BCUT2D eigenvalue weighted by Gasteiger charge is 2.17. The van der Waals surface area contributed by atoms with Gasteiger partial charge in [-0.1, -0.05) is 54.5 Å². The maximum atomic E-state index is 14.6. The molecule has 0 aliphatic carbocycles. The lowest BCUT2D eigenvalue weighted by Crippen LogP contribution is -2.35. The van der Waals surface area contributed by atoms with E-state index in [0.717, 1.165) is 11.1 Å². The molecule has 1 heterocycles. The molecule has 3 rings (SSSR count). The van der Waals surface area contributed by atoms with E-state index in [1.807, 2.05) is 56.3 Å². The van der Waals surface area contributed by atoms with Gasteiger partial charge >= 0.3 is 0 Å². The molecule has 0 aliphatic rings. The molecule has 3 N–H and O–H groups in total. The highest BCUT2D eigenvalue weighted by Crippen LogP contribution is 2.29. The number of aromatic nitrogens is 1. The Morgan fingerprint density at radius 3 is 2.63 bits per heavy atom. The Labute approximate surface area is 158 Å². The molecule has 3 aromatic rings. The number of nitrogens with one attached hydrogen (secondary N) is 3. The lowest BCUT2D eigenvalue weighted by molar-refractivity contribution is 0.369. The number of halogens is 1. The highest BCUT2D eigenvalue weighted by atomic mass is 19.1. The molecular formula is C21H23FN4O. The van der Waals surface area contributed by atoms with Crippen LogP contribution < -0.4 is 10.6 Å². The molecule has 1 aromatic heterocycles. The Bertz CT molecular complexity index is 908. The summed E-state index contributed by atoms with van der Waals surface area (Å²) in [7, 11) is 0. The molecule has 5 nitrogen and oxygen atoms in total. The summed E-state index contributed by atoms with van der Waals surface area (Å²) in [5.41, 5.74) is 2.95. The normalized spacial score (nSPS) is 11.8. The van der Waals surface area contributed by atoms with E-state index in [4.69, 9.17) is 9.93 Å². The summed E-state index contributed by atoms with van der Waals surface area (Å²) in [5.74, 6) is 0.521. The second-order valence-corrected chi connectivity index (χ2v) is 6.31. The molecular weight excluding hydrogens is 343 g/mol. The van der Waals surface area contributed by atoms with Crippen LogP contribution in [0.1, 0.15) is 36.8 Å². The summed E-state index contributed by atoms with van der Waals surface area (Å²) < 4.78 is 20.0. The maximum Gasteiger partial charge on any atom is 0.188 e. The van der Waals surface area contributed by atoms with Gasteiger partial charge in [0.2, 0.25) is 0 Å². The first-order valence-electron chi connectivity index (χ1n) is 8.95. The second kappa shape index (κ2) is 8.49. The molecule has 0 amide bonds. The van der Waals surface area contributed by atoms with Crippen molar-refractivity contribution >= 4 is 5.96 Å². The summed E-state index contributed by atoms with van der Waals surface area (Å²) in [6.45, 7) is 4.95. The molecule has 0 bridgehead atoms. The van der Waals surface area contributed by atoms with Gasteiger partial charge in [-0.15, -0.1) is 0 Å². The Kier molecular flexibility index (Phi) is 5.86. The van der Waals surface area contributed by atoms with Gasteiger partial charge in [-0.3, -0.25) is 5.41 Å². The van der Waals surface area contributed by atoms with Crippen LogP contribution in [0.3, 0.4) is 0 Å². The van der Waals surface area contributed by atoms with Crippen LogP contribution in [-0.2, 0) is 6.54 Å². The Balaban J connectivity index is 1.72. The SMILES string of the molecule is CCNC(=N)NCc1cc(C(C)c2ccc(-c3ccccc3)c(F)c2)on1. The van der Waals surface area contributed by atoms with Crippen LogP contribution in [0, 0.1) is 11.2 Å². The zero-order chi connectivity index (χ0) is 19.2. The van der Waals surface area contributed by atoms with E-state index in [2.05, 4.69) is 15.8 Å². The van der Waals surface area contributed by atoms with Crippen molar-refractivity contribution in [2.24, 2.45) is 0 Å². The van der Waals surface area contributed by atoms with E-state index in [1.165, 1.54) is 0 Å². The summed E-state index contributed by atoms with van der Waals surface area (Å²) in [4.78, 5) is 0. The van der Waals surface area contributed by atoms with Crippen LogP contribution in [0.5, 0.6) is 0 Å². The van der Waals surface area contributed by atoms with Crippen molar-refractivity contribution in [2.75, 3.05) is 6.54 Å². The quantitative estimate of drug-likeness (QED) is 0.450. The molecule has 0 aliphatic heterocycles. The van der Waals surface area contributed by atoms with E-state index in [0.29, 0.717) is 30.1 Å². The van der Waals surface area contributed by atoms with Crippen LogP contribution in [0.25, 0.3) is 11.1 Å². The van der Waals surface area contributed by atoms with Gasteiger partial charge in [0.25, 0.3) is 0 Å². The standard InChI is InChI=1S/C21H23FN4O/c1-3-24-21(23)25-13-17-12-20(27-26-17)14(2)16-9-10-18(19(22)11-16)15-7-5-4-6-8-15/h4-12,14H,3,13H2,1-2H3,(H3,23,24,25). The van der Waals surface area contributed by atoms with Gasteiger partial charge < -0.3 is 15.2 Å². The molecule has 0 saturated heterocycles. The molecule has 0 spiro atoms. The average molecular weight is 366 g/mol. The number of hydrogen-bond donors (Lipinski definition) is 3. The fourth-order valence-electron chi connectivity index (χ4n) is 2.85. The minimum atomic E-state index is -0.258. The lowest BCUT2D eigenvalue weighted by atomic mass is 9.95. The molecule has 140 valence electrons. The fourth-order valence-corrected chi connectivity index (χ4v) is 2.85. The van der Waals surface area contributed by atoms with Crippen LogP contribution in [0.15, 0.2) is 59.1 Å². The number of rotatable bonds is 6. The highest BCUT2D eigenvalue weighted by molar-refractivity contribution is 5.76. The van der Waals surface area contributed by atoms with E-state index in [-0.39, 0.29) is 17.7 Å². The zero-order valence-electron chi connectivity index (χ0n) is 15.4. The molecule has 1 unspecified atom stereocenters. The van der Waals surface area contributed by atoms with Crippen molar-refractivity contribution in [1.82, 2.24) is 15.8 Å². The second-order valence-electron chi connectivity index (χ2n) is 6.31. The number of nitrogens with zero attached hydrogens (tertiary/aromatic N) is 1. The molecule has 6 heteroatoms. The van der Waals surface area contributed by atoms with E-state index < -0.39 is 0 Å². The van der Waals surface area contributed by atoms with Gasteiger partial charge in [-0.2, -0.15) is 0 Å². The molecule has 0 radical (unpaired) electrons. The van der Waals surface area contributed by atoms with Crippen LogP contribution in [0.4, 0.5) is 4.39 Å². The lowest BCUT2D eigenvalue weighted by Gasteiger charge is -2.11. The van der Waals surface area contributed by atoms with Gasteiger partial charge in [0.1, 0.15) is 17.3 Å². The minimum Gasteiger partial charge on any atom is -0.360 e. The van der Waals surface area contributed by atoms with Gasteiger partial charge in [0.15, 0.2) is 5.96 Å². The first-order chi connectivity index (χ1) is 13.1. The predicted octanol–water partition coefficient (Wildman–Crippen LogP) is 4.27. The van der Waals surface area contributed by atoms with E-state index in [9.17, 15) is 4.39 Å². The smallest absolute Gasteiger partial charge is 0.188 e. The third-order valence-corrected chi connectivity index (χ3v) is 4.38. The van der Waals surface area contributed by atoms with Crippen molar-refractivity contribution in [3.05, 3.63) is 77.4 Å². The molecule has 1 atom stereocenters.